The van der Waals surface area contributed by atoms with Crippen LogP contribution >= 0.6 is 0 Å². The summed E-state index contributed by atoms with van der Waals surface area (Å²) in [6.07, 6.45) is 4.99. The SMILES string of the molecule is C1CNCCN(c2n[nH]c(CC3CC3)n2)C1. The third kappa shape index (κ3) is 2.35. The van der Waals surface area contributed by atoms with Crippen molar-refractivity contribution in [1.29, 1.82) is 0 Å². The zero-order valence-corrected chi connectivity index (χ0v) is 9.58. The number of anilines is 1. The highest BCUT2D eigenvalue weighted by Crippen LogP contribution is 2.31. The Morgan fingerprint density at radius 1 is 1.25 bits per heavy atom. The molecule has 5 heteroatoms. The van der Waals surface area contributed by atoms with E-state index in [9.17, 15) is 0 Å². The molecule has 2 fully saturated rings. The highest BCUT2D eigenvalue weighted by atomic mass is 15.4. The van der Waals surface area contributed by atoms with Crippen LogP contribution in [0.25, 0.3) is 0 Å². The summed E-state index contributed by atoms with van der Waals surface area (Å²) in [4.78, 5) is 6.86. The van der Waals surface area contributed by atoms with Crippen LogP contribution in [0.2, 0.25) is 0 Å². The summed E-state index contributed by atoms with van der Waals surface area (Å²) in [5.41, 5.74) is 0. The van der Waals surface area contributed by atoms with Crippen molar-refractivity contribution < 1.29 is 0 Å². The van der Waals surface area contributed by atoms with Gasteiger partial charge >= 0.3 is 0 Å². The molecule has 0 unspecified atom stereocenters. The summed E-state index contributed by atoms with van der Waals surface area (Å²) >= 11 is 0. The molecule has 16 heavy (non-hydrogen) atoms. The molecule has 0 amide bonds. The molecule has 1 aliphatic carbocycles. The van der Waals surface area contributed by atoms with Gasteiger partial charge in [-0.2, -0.15) is 4.98 Å². The van der Waals surface area contributed by atoms with Crippen LogP contribution in [-0.4, -0.2) is 41.4 Å². The summed E-state index contributed by atoms with van der Waals surface area (Å²) in [6, 6.07) is 0. The first kappa shape index (κ1) is 10.1. The fourth-order valence-corrected chi connectivity index (χ4v) is 2.16. The Hall–Kier alpha value is -1.10. The minimum absolute atomic E-state index is 0.867. The third-order valence-electron chi connectivity index (χ3n) is 3.32. The first-order valence-corrected chi connectivity index (χ1v) is 6.29. The molecule has 0 bridgehead atoms. The normalized spacial score (nSPS) is 22.1. The minimum Gasteiger partial charge on any atom is -0.338 e. The number of hydrogen-bond donors (Lipinski definition) is 2. The monoisotopic (exact) mass is 221 g/mol. The van der Waals surface area contributed by atoms with Gasteiger partial charge in [-0.05, 0) is 31.7 Å². The van der Waals surface area contributed by atoms with Crippen LogP contribution in [0.3, 0.4) is 0 Å². The maximum atomic E-state index is 4.59. The second-order valence-corrected chi connectivity index (χ2v) is 4.82. The average molecular weight is 221 g/mol. The standard InChI is InChI=1S/C11H19N5/c1-4-12-5-7-16(6-1)11-13-10(14-15-11)8-9-2-3-9/h9,12H,1-8H2,(H,13,14,15). The van der Waals surface area contributed by atoms with Crippen molar-refractivity contribution in [2.45, 2.75) is 25.7 Å². The smallest absolute Gasteiger partial charge is 0.244 e. The number of aromatic amines is 1. The fraction of sp³-hybridized carbons (Fsp3) is 0.818. The van der Waals surface area contributed by atoms with Crippen LogP contribution in [0.4, 0.5) is 5.95 Å². The van der Waals surface area contributed by atoms with Gasteiger partial charge in [0.25, 0.3) is 0 Å². The zero-order valence-electron chi connectivity index (χ0n) is 9.58. The van der Waals surface area contributed by atoms with Crippen molar-refractivity contribution in [2.24, 2.45) is 5.92 Å². The van der Waals surface area contributed by atoms with Gasteiger partial charge < -0.3 is 10.2 Å². The predicted octanol–water partition coefficient (Wildman–Crippen LogP) is 0.557. The van der Waals surface area contributed by atoms with Gasteiger partial charge in [0.05, 0.1) is 0 Å². The van der Waals surface area contributed by atoms with E-state index in [0.717, 1.165) is 50.3 Å². The van der Waals surface area contributed by atoms with Crippen molar-refractivity contribution in [2.75, 3.05) is 31.1 Å². The highest BCUT2D eigenvalue weighted by molar-refractivity contribution is 5.29. The quantitative estimate of drug-likeness (QED) is 0.783. The van der Waals surface area contributed by atoms with Gasteiger partial charge in [-0.15, -0.1) is 5.10 Å². The van der Waals surface area contributed by atoms with Gasteiger partial charge in [-0.3, -0.25) is 5.10 Å². The van der Waals surface area contributed by atoms with Crippen molar-refractivity contribution in [3.63, 3.8) is 0 Å². The van der Waals surface area contributed by atoms with Crippen molar-refractivity contribution in [3.05, 3.63) is 5.82 Å². The maximum Gasteiger partial charge on any atom is 0.244 e. The molecule has 1 saturated heterocycles. The van der Waals surface area contributed by atoms with E-state index in [2.05, 4.69) is 25.4 Å². The average Bonchev–Trinajstić information content (AvgIpc) is 3.03. The van der Waals surface area contributed by atoms with Crippen LogP contribution in [0, 0.1) is 5.92 Å². The lowest BCUT2D eigenvalue weighted by Crippen LogP contribution is -2.28. The number of nitrogens with one attached hydrogen (secondary N) is 2. The number of nitrogens with zero attached hydrogens (tertiary/aromatic N) is 3. The number of hydrogen-bond acceptors (Lipinski definition) is 4. The van der Waals surface area contributed by atoms with Gasteiger partial charge in [0.1, 0.15) is 5.82 Å². The summed E-state index contributed by atoms with van der Waals surface area (Å²) in [5.74, 6) is 2.82. The molecule has 1 aliphatic heterocycles. The van der Waals surface area contributed by atoms with E-state index in [1.54, 1.807) is 0 Å². The molecule has 2 aliphatic rings. The first-order chi connectivity index (χ1) is 7.92. The lowest BCUT2D eigenvalue weighted by atomic mass is 10.3. The molecular formula is C11H19N5. The Balaban J connectivity index is 1.64. The fourth-order valence-electron chi connectivity index (χ4n) is 2.16. The van der Waals surface area contributed by atoms with Crippen LogP contribution in [0.1, 0.15) is 25.1 Å². The molecule has 1 aromatic heterocycles. The Morgan fingerprint density at radius 2 is 2.19 bits per heavy atom. The lowest BCUT2D eigenvalue weighted by molar-refractivity contribution is 0.724. The minimum atomic E-state index is 0.867. The number of H-pyrrole nitrogens is 1. The zero-order chi connectivity index (χ0) is 10.8. The molecule has 3 rings (SSSR count). The Bertz CT molecular complexity index is 336. The van der Waals surface area contributed by atoms with Crippen LogP contribution in [0.5, 0.6) is 0 Å². The van der Waals surface area contributed by atoms with E-state index in [4.69, 9.17) is 0 Å². The summed E-state index contributed by atoms with van der Waals surface area (Å²) in [7, 11) is 0. The molecule has 5 nitrogen and oxygen atoms in total. The molecule has 0 radical (unpaired) electrons. The van der Waals surface area contributed by atoms with Crippen molar-refractivity contribution in [3.8, 4) is 0 Å². The molecule has 2 N–H and O–H groups in total. The molecule has 1 aromatic rings. The largest absolute Gasteiger partial charge is 0.338 e. The van der Waals surface area contributed by atoms with Gasteiger partial charge in [0.2, 0.25) is 5.95 Å². The Labute approximate surface area is 95.6 Å². The predicted molar refractivity (Wildman–Crippen MR) is 62.5 cm³/mol. The topological polar surface area (TPSA) is 56.8 Å². The van der Waals surface area contributed by atoms with Crippen LogP contribution in [-0.2, 0) is 6.42 Å². The Morgan fingerprint density at radius 3 is 3.06 bits per heavy atom. The van der Waals surface area contributed by atoms with Gasteiger partial charge in [-0.25, -0.2) is 0 Å². The summed E-state index contributed by atoms with van der Waals surface area (Å²) < 4.78 is 0. The summed E-state index contributed by atoms with van der Waals surface area (Å²) in [5, 5.41) is 10.8. The second kappa shape index (κ2) is 4.41. The van der Waals surface area contributed by atoms with E-state index >= 15 is 0 Å². The van der Waals surface area contributed by atoms with Gasteiger partial charge in [0.15, 0.2) is 0 Å². The third-order valence-corrected chi connectivity index (χ3v) is 3.32. The van der Waals surface area contributed by atoms with Gasteiger partial charge in [0, 0.05) is 26.1 Å². The van der Waals surface area contributed by atoms with E-state index in [1.807, 2.05) is 0 Å². The molecule has 0 atom stereocenters. The van der Waals surface area contributed by atoms with E-state index in [-0.39, 0.29) is 0 Å². The van der Waals surface area contributed by atoms with E-state index < -0.39 is 0 Å². The highest BCUT2D eigenvalue weighted by Gasteiger charge is 2.23. The van der Waals surface area contributed by atoms with Crippen LogP contribution < -0.4 is 10.2 Å². The number of rotatable bonds is 3. The first-order valence-electron chi connectivity index (χ1n) is 6.29. The lowest BCUT2D eigenvalue weighted by Gasteiger charge is -2.16. The molecule has 0 spiro atoms. The molecule has 88 valence electrons. The number of aromatic nitrogens is 3. The molecule has 0 aromatic carbocycles. The maximum absolute atomic E-state index is 4.59. The van der Waals surface area contributed by atoms with Gasteiger partial charge in [-0.1, -0.05) is 0 Å². The van der Waals surface area contributed by atoms with E-state index in [0.29, 0.717) is 0 Å². The van der Waals surface area contributed by atoms with Crippen molar-refractivity contribution in [1.82, 2.24) is 20.5 Å². The Kier molecular flexibility index (Phi) is 2.78. The van der Waals surface area contributed by atoms with E-state index in [1.165, 1.54) is 19.3 Å². The summed E-state index contributed by atoms with van der Waals surface area (Å²) in [6.45, 7) is 4.22. The van der Waals surface area contributed by atoms with Crippen LogP contribution in [0.15, 0.2) is 0 Å². The molecular weight excluding hydrogens is 202 g/mol. The van der Waals surface area contributed by atoms with Crippen molar-refractivity contribution >= 4 is 5.95 Å². The molecule has 2 heterocycles. The second-order valence-electron chi connectivity index (χ2n) is 4.82. The molecule has 1 saturated carbocycles.